The molecule has 39 heavy (non-hydrogen) atoms. The summed E-state index contributed by atoms with van der Waals surface area (Å²) in [6, 6.07) is 0. The van der Waals surface area contributed by atoms with E-state index in [1.165, 1.54) is 12.5 Å². The van der Waals surface area contributed by atoms with Gasteiger partial charge in [0.15, 0.2) is 5.78 Å². The van der Waals surface area contributed by atoms with Crippen LogP contribution in [0.4, 0.5) is 0 Å². The zero-order valence-electron chi connectivity index (χ0n) is 24.5. The van der Waals surface area contributed by atoms with E-state index in [1.807, 2.05) is 13.8 Å². The fraction of sp³-hybridized carbons (Fsp3) is 0.750. The summed E-state index contributed by atoms with van der Waals surface area (Å²) in [5.74, 6) is -2.21. The lowest BCUT2D eigenvalue weighted by Crippen LogP contribution is -2.57. The van der Waals surface area contributed by atoms with E-state index < -0.39 is 28.8 Å². The molecule has 214 valence electrons. The Morgan fingerprint density at radius 2 is 1.77 bits per heavy atom. The second-order valence-electron chi connectivity index (χ2n) is 14.4. The van der Waals surface area contributed by atoms with Gasteiger partial charge in [0, 0.05) is 25.7 Å². The average molecular weight is 541 g/mol. The summed E-state index contributed by atoms with van der Waals surface area (Å²) in [6.07, 6.45) is 5.81. The van der Waals surface area contributed by atoms with E-state index in [0.717, 1.165) is 36.8 Å². The van der Waals surface area contributed by atoms with Crippen LogP contribution in [0.3, 0.4) is 0 Å². The lowest BCUT2D eigenvalue weighted by atomic mass is 9.42. The minimum Gasteiger partial charge on any atom is -0.481 e. The van der Waals surface area contributed by atoms with Crippen LogP contribution in [0.1, 0.15) is 99.8 Å². The molecule has 1 saturated heterocycles. The summed E-state index contributed by atoms with van der Waals surface area (Å²) >= 11 is 0. The molecule has 1 N–H and O–H groups in total. The third-order valence-electron chi connectivity index (χ3n) is 11.5. The zero-order chi connectivity index (χ0) is 28.7. The Balaban J connectivity index is 1.58. The maximum absolute atomic E-state index is 13.5. The van der Waals surface area contributed by atoms with Crippen molar-refractivity contribution in [3.8, 4) is 0 Å². The molecule has 0 spiro atoms. The molecule has 0 radical (unpaired) electrons. The zero-order valence-corrected chi connectivity index (χ0v) is 24.5. The van der Waals surface area contributed by atoms with Crippen molar-refractivity contribution in [3.05, 3.63) is 22.8 Å². The lowest BCUT2D eigenvalue weighted by Gasteiger charge is -2.62. The summed E-state index contributed by atoms with van der Waals surface area (Å²) < 4.78 is 11.6. The third-order valence-corrected chi connectivity index (χ3v) is 11.5. The Morgan fingerprint density at radius 1 is 1.08 bits per heavy atom. The molecule has 7 nitrogen and oxygen atoms in total. The number of fused-ring (bicyclic) bond motifs is 6. The molecular weight excluding hydrogens is 496 g/mol. The van der Waals surface area contributed by atoms with Gasteiger partial charge in [-0.05, 0) is 80.6 Å². The maximum Gasteiger partial charge on any atom is 0.314 e. The van der Waals surface area contributed by atoms with E-state index in [-0.39, 0.29) is 59.3 Å². The molecule has 0 amide bonds. The Kier molecular flexibility index (Phi) is 6.51. The van der Waals surface area contributed by atoms with E-state index in [0.29, 0.717) is 12.8 Å². The Bertz CT molecular complexity index is 1190. The van der Waals surface area contributed by atoms with Crippen LogP contribution in [0, 0.1) is 39.4 Å². The summed E-state index contributed by atoms with van der Waals surface area (Å²) in [7, 11) is 0. The normalized spacial score (nSPS) is 41.9. The van der Waals surface area contributed by atoms with Crippen molar-refractivity contribution < 1.29 is 33.8 Å². The lowest BCUT2D eigenvalue weighted by molar-refractivity contribution is -0.162. The Labute approximate surface area is 231 Å². The molecule has 0 aromatic carbocycles. The van der Waals surface area contributed by atoms with Crippen LogP contribution < -0.4 is 0 Å². The van der Waals surface area contributed by atoms with Crippen molar-refractivity contribution in [2.45, 2.75) is 112 Å². The molecule has 1 heterocycles. The monoisotopic (exact) mass is 540 g/mol. The fourth-order valence-electron chi connectivity index (χ4n) is 10.1. The van der Waals surface area contributed by atoms with Crippen molar-refractivity contribution in [3.63, 3.8) is 0 Å². The first-order valence-electron chi connectivity index (χ1n) is 14.6. The van der Waals surface area contributed by atoms with Gasteiger partial charge in [-0.2, -0.15) is 0 Å². The highest BCUT2D eigenvalue weighted by molar-refractivity contribution is 5.94. The number of hydrogen-bond donors (Lipinski definition) is 1. The van der Waals surface area contributed by atoms with Gasteiger partial charge < -0.3 is 14.6 Å². The van der Waals surface area contributed by atoms with E-state index >= 15 is 0 Å². The molecule has 4 aliphatic carbocycles. The van der Waals surface area contributed by atoms with Gasteiger partial charge in [-0.15, -0.1) is 0 Å². The van der Waals surface area contributed by atoms with Crippen LogP contribution in [-0.2, 0) is 28.7 Å². The molecule has 0 bridgehead atoms. The molecule has 2 saturated carbocycles. The van der Waals surface area contributed by atoms with Crippen LogP contribution in [0.2, 0.25) is 0 Å². The van der Waals surface area contributed by atoms with Crippen LogP contribution in [-0.4, -0.2) is 41.0 Å². The van der Waals surface area contributed by atoms with E-state index in [2.05, 4.69) is 27.7 Å². The molecule has 0 aromatic rings. The standard InChI is InChI=1S/C32H44O7/c1-17(2)12-19(34)13-21-26-24(39-27(21)35)16-32(28(36)37)23-15-29(4,5)25-14-20(38-18(3)33)8-10-30(25,6)22(23)9-11-31(26,32)7/h12,20-21,24-26H,8-11,13-16H2,1-7H3,(H,36,37). The molecule has 5 rings (SSSR count). The van der Waals surface area contributed by atoms with Gasteiger partial charge >= 0.3 is 17.9 Å². The number of aliphatic carboxylic acids is 1. The van der Waals surface area contributed by atoms with Crippen LogP contribution >= 0.6 is 0 Å². The van der Waals surface area contributed by atoms with E-state index in [1.54, 1.807) is 6.08 Å². The largest absolute Gasteiger partial charge is 0.481 e. The quantitative estimate of drug-likeness (QED) is 0.266. The first-order chi connectivity index (χ1) is 18.1. The summed E-state index contributed by atoms with van der Waals surface area (Å²) in [4.78, 5) is 51.1. The molecule has 8 unspecified atom stereocenters. The van der Waals surface area contributed by atoms with Gasteiger partial charge in [0.25, 0.3) is 0 Å². The van der Waals surface area contributed by atoms with Gasteiger partial charge in [-0.1, -0.05) is 44.4 Å². The van der Waals surface area contributed by atoms with Crippen LogP contribution in [0.25, 0.3) is 0 Å². The minimum absolute atomic E-state index is 0.0607. The number of carbonyl (C=O) groups excluding carboxylic acids is 3. The molecule has 1 aliphatic heterocycles. The molecule has 3 fully saturated rings. The highest BCUT2D eigenvalue weighted by atomic mass is 16.6. The molecule has 7 heteroatoms. The van der Waals surface area contributed by atoms with Gasteiger partial charge in [0.2, 0.25) is 0 Å². The number of carboxylic acid groups (broad SMARTS) is 1. The SMILES string of the molecule is CC(=O)OC1CCC2(C)C3=C(CC(C)(C)C2C1)C1(C(=O)O)CC2OC(=O)C(CC(=O)C=C(C)C)C2C1(C)CC3. The summed E-state index contributed by atoms with van der Waals surface area (Å²) in [5, 5.41) is 11.1. The summed E-state index contributed by atoms with van der Waals surface area (Å²) in [5.41, 5.74) is 0.994. The Morgan fingerprint density at radius 3 is 2.38 bits per heavy atom. The first kappa shape index (κ1) is 28.1. The van der Waals surface area contributed by atoms with Gasteiger partial charge in [0.05, 0.1) is 11.3 Å². The predicted octanol–water partition coefficient (Wildman–Crippen LogP) is 5.81. The molecule has 5 aliphatic rings. The van der Waals surface area contributed by atoms with Gasteiger partial charge in [-0.25, -0.2) is 0 Å². The number of allylic oxidation sites excluding steroid dienone is 3. The van der Waals surface area contributed by atoms with Crippen molar-refractivity contribution >= 4 is 23.7 Å². The molecule has 0 aromatic heterocycles. The second-order valence-corrected chi connectivity index (χ2v) is 14.4. The number of carbonyl (C=O) groups is 4. The smallest absolute Gasteiger partial charge is 0.314 e. The third kappa shape index (κ3) is 3.96. The van der Waals surface area contributed by atoms with Crippen LogP contribution in [0.15, 0.2) is 22.8 Å². The minimum atomic E-state index is -1.13. The van der Waals surface area contributed by atoms with Crippen molar-refractivity contribution in [1.29, 1.82) is 0 Å². The number of carboxylic acids is 1. The topological polar surface area (TPSA) is 107 Å². The van der Waals surface area contributed by atoms with Crippen LogP contribution in [0.5, 0.6) is 0 Å². The average Bonchev–Trinajstić information content (AvgIpc) is 3.24. The highest BCUT2D eigenvalue weighted by Crippen LogP contribution is 2.74. The van der Waals surface area contributed by atoms with Gasteiger partial charge in [0.1, 0.15) is 12.2 Å². The summed E-state index contributed by atoms with van der Waals surface area (Å²) in [6.45, 7) is 14.0. The molecular formula is C32H44O7. The fourth-order valence-corrected chi connectivity index (χ4v) is 10.1. The second kappa shape index (κ2) is 9.04. The first-order valence-corrected chi connectivity index (χ1v) is 14.6. The number of hydrogen-bond acceptors (Lipinski definition) is 6. The van der Waals surface area contributed by atoms with E-state index in [9.17, 15) is 24.3 Å². The highest BCUT2D eigenvalue weighted by Gasteiger charge is 2.74. The number of ketones is 1. The number of rotatable bonds is 5. The van der Waals surface area contributed by atoms with E-state index in [4.69, 9.17) is 9.47 Å². The number of esters is 2. The Hall–Kier alpha value is -2.44. The van der Waals surface area contributed by atoms with Crippen molar-refractivity contribution in [2.24, 2.45) is 39.4 Å². The molecule has 8 atom stereocenters. The van der Waals surface area contributed by atoms with Crippen molar-refractivity contribution in [2.75, 3.05) is 0 Å². The van der Waals surface area contributed by atoms with Gasteiger partial charge in [-0.3, -0.25) is 19.2 Å². The number of ether oxygens (including phenoxy) is 2. The predicted molar refractivity (Wildman–Crippen MR) is 144 cm³/mol. The van der Waals surface area contributed by atoms with Crippen molar-refractivity contribution in [1.82, 2.24) is 0 Å². The maximum atomic E-state index is 13.5.